The van der Waals surface area contributed by atoms with E-state index in [2.05, 4.69) is 0 Å². The molecule has 1 rings (SSSR count). The van der Waals surface area contributed by atoms with Crippen molar-refractivity contribution in [1.29, 1.82) is 0 Å². The van der Waals surface area contributed by atoms with Gasteiger partial charge in [0.1, 0.15) is 13.0 Å². The van der Waals surface area contributed by atoms with Crippen LogP contribution < -0.4 is 9.67 Å². The zero-order valence-electron chi connectivity index (χ0n) is 9.81. The van der Waals surface area contributed by atoms with E-state index in [4.69, 9.17) is 4.42 Å². The van der Waals surface area contributed by atoms with Crippen molar-refractivity contribution < 1.29 is 32.1 Å². The van der Waals surface area contributed by atoms with Gasteiger partial charge in [0.25, 0.3) is 5.69 Å². The fourth-order valence-electron chi connectivity index (χ4n) is 1.48. The van der Waals surface area contributed by atoms with E-state index in [1.165, 1.54) is 7.05 Å². The molecule has 0 fully saturated rings. The quantitative estimate of drug-likeness (QED) is 0.557. The molecule has 4 nitrogen and oxygen atoms in total. The average molecular weight is 251 g/mol. The lowest BCUT2D eigenvalue weighted by Gasteiger charge is -2.13. The highest BCUT2D eigenvalue weighted by molar-refractivity contribution is 5.98. The Morgan fingerprint density at radius 1 is 1.29 bits per heavy atom. The lowest BCUT2D eigenvalue weighted by atomic mass is 9.97. The van der Waals surface area contributed by atoms with E-state index in [9.17, 15) is 23.1 Å². The van der Waals surface area contributed by atoms with E-state index in [0.29, 0.717) is 0 Å². The first-order valence-electron chi connectivity index (χ1n) is 4.78. The fraction of sp³-hybridized carbons (Fsp3) is 0.600. The number of oxazole rings is 1. The largest absolute Gasteiger partial charge is 0.540 e. The zero-order valence-corrected chi connectivity index (χ0v) is 9.81. The number of hydrogen-bond acceptors (Lipinski definition) is 3. The summed E-state index contributed by atoms with van der Waals surface area (Å²) in [5.41, 5.74) is -1.67. The maximum atomic E-state index is 12.3. The van der Waals surface area contributed by atoms with Crippen LogP contribution in [0.3, 0.4) is 0 Å². The normalized spacial score (nSPS) is 12.9. The zero-order chi connectivity index (χ0) is 13.6. The van der Waals surface area contributed by atoms with Crippen molar-refractivity contribution in [3.8, 4) is 5.95 Å². The Labute approximate surface area is 95.7 Å². The van der Waals surface area contributed by atoms with Crippen molar-refractivity contribution in [1.82, 2.24) is 0 Å². The molecule has 0 saturated carbocycles. The van der Waals surface area contributed by atoms with Crippen molar-refractivity contribution >= 4 is 5.78 Å². The minimum Gasteiger partial charge on any atom is -0.540 e. The van der Waals surface area contributed by atoms with Crippen molar-refractivity contribution in [2.45, 2.75) is 32.4 Å². The summed E-state index contributed by atoms with van der Waals surface area (Å²) in [6.07, 6.45) is -5.09. The summed E-state index contributed by atoms with van der Waals surface area (Å²) >= 11 is 0. The first kappa shape index (κ1) is 13.5. The minimum atomic E-state index is -5.09. The lowest BCUT2D eigenvalue weighted by Crippen LogP contribution is -2.44. The number of Topliss-reactive ketones (excluding diaryl/α,β-unsaturated/α-hetero) is 1. The van der Waals surface area contributed by atoms with Crippen molar-refractivity contribution in [2.75, 3.05) is 0 Å². The van der Waals surface area contributed by atoms with E-state index in [1.807, 2.05) is 0 Å². The van der Waals surface area contributed by atoms with Gasteiger partial charge >= 0.3 is 12.0 Å². The van der Waals surface area contributed by atoms with E-state index >= 15 is 0 Å². The summed E-state index contributed by atoms with van der Waals surface area (Å²) in [6, 6.07) is 0. The Kier molecular flexibility index (Phi) is 2.98. The molecular weight excluding hydrogens is 239 g/mol. The third-order valence-corrected chi connectivity index (χ3v) is 2.14. The van der Waals surface area contributed by atoms with Gasteiger partial charge in [-0.3, -0.25) is 4.79 Å². The molecule has 0 aliphatic heterocycles. The summed E-state index contributed by atoms with van der Waals surface area (Å²) < 4.78 is 42.3. The third-order valence-electron chi connectivity index (χ3n) is 2.14. The van der Waals surface area contributed by atoms with Crippen LogP contribution >= 0.6 is 0 Å². The Hall–Kier alpha value is -1.53. The lowest BCUT2D eigenvalue weighted by molar-refractivity contribution is -0.688. The molecule has 0 atom stereocenters. The molecule has 0 unspecified atom stereocenters. The SMILES string of the molecule is C[n+]1c(C(C)(C)C)oc([O-])c1C(=O)C(F)(F)F. The van der Waals surface area contributed by atoms with Gasteiger partial charge in [-0.05, 0) is 20.8 Å². The van der Waals surface area contributed by atoms with E-state index in [1.54, 1.807) is 20.8 Å². The number of carbonyl (C=O) groups is 1. The second kappa shape index (κ2) is 3.75. The molecule has 0 saturated heterocycles. The molecular formula is C10H12F3NO3. The van der Waals surface area contributed by atoms with Crippen molar-refractivity contribution in [2.24, 2.45) is 7.05 Å². The highest BCUT2D eigenvalue weighted by Gasteiger charge is 2.47. The summed E-state index contributed by atoms with van der Waals surface area (Å²) in [5.74, 6) is -3.43. The highest BCUT2D eigenvalue weighted by atomic mass is 19.4. The number of ketones is 1. The van der Waals surface area contributed by atoms with Gasteiger partial charge in [-0.2, -0.15) is 17.7 Å². The van der Waals surface area contributed by atoms with Crippen LogP contribution in [0.25, 0.3) is 0 Å². The van der Waals surface area contributed by atoms with E-state index in [0.717, 1.165) is 4.57 Å². The predicted molar refractivity (Wildman–Crippen MR) is 48.4 cm³/mol. The van der Waals surface area contributed by atoms with Crippen LogP contribution in [0, 0.1) is 0 Å². The topological polar surface area (TPSA) is 57.1 Å². The van der Waals surface area contributed by atoms with E-state index in [-0.39, 0.29) is 5.89 Å². The predicted octanol–water partition coefficient (Wildman–Crippen LogP) is 1.22. The number of hydrogen-bond donors (Lipinski definition) is 0. The van der Waals surface area contributed by atoms with Crippen LogP contribution in [0.15, 0.2) is 4.42 Å². The molecule has 0 spiro atoms. The molecule has 1 aromatic rings. The summed E-state index contributed by atoms with van der Waals surface area (Å²) in [5, 5.41) is 11.3. The molecule has 0 aliphatic rings. The average Bonchev–Trinajstić information content (AvgIpc) is 2.38. The fourth-order valence-corrected chi connectivity index (χ4v) is 1.48. The van der Waals surface area contributed by atoms with Gasteiger partial charge in [0.05, 0.1) is 5.41 Å². The smallest absolute Gasteiger partial charge is 0.461 e. The van der Waals surface area contributed by atoms with Gasteiger partial charge in [0.15, 0.2) is 0 Å². The van der Waals surface area contributed by atoms with Gasteiger partial charge < -0.3 is 9.52 Å². The van der Waals surface area contributed by atoms with Crippen molar-refractivity contribution in [3.05, 3.63) is 11.6 Å². The standard InChI is InChI=1S/C10H12F3NO3/c1-9(2,3)8-14(4)5(7(16)17-8)6(15)10(11,12)13/h1-4H3. The molecule has 1 aromatic heterocycles. The van der Waals surface area contributed by atoms with Gasteiger partial charge in [0, 0.05) is 0 Å². The Morgan fingerprint density at radius 2 is 1.76 bits per heavy atom. The van der Waals surface area contributed by atoms with E-state index < -0.39 is 29.0 Å². The molecule has 17 heavy (non-hydrogen) atoms. The maximum Gasteiger partial charge on any atom is 0.461 e. The van der Waals surface area contributed by atoms with Gasteiger partial charge in [-0.1, -0.05) is 0 Å². The number of aromatic nitrogens is 1. The third kappa shape index (κ3) is 2.42. The molecule has 0 bridgehead atoms. The number of rotatable bonds is 1. The molecule has 7 heteroatoms. The highest BCUT2D eigenvalue weighted by Crippen LogP contribution is 2.28. The second-order valence-electron chi connectivity index (χ2n) is 4.68. The number of carbonyl (C=O) groups excluding carboxylic acids is 1. The van der Waals surface area contributed by atoms with Crippen LogP contribution in [0.4, 0.5) is 13.2 Å². The Morgan fingerprint density at radius 3 is 2.06 bits per heavy atom. The molecule has 0 radical (unpaired) electrons. The van der Waals surface area contributed by atoms with Crippen LogP contribution in [0.5, 0.6) is 5.95 Å². The molecule has 0 aliphatic carbocycles. The molecule has 0 N–H and O–H groups in total. The van der Waals surface area contributed by atoms with Gasteiger partial charge in [0.2, 0.25) is 5.89 Å². The molecule has 0 amide bonds. The number of halogens is 3. The molecule has 96 valence electrons. The molecule has 1 heterocycles. The van der Waals surface area contributed by atoms with Crippen LogP contribution in [0.2, 0.25) is 0 Å². The van der Waals surface area contributed by atoms with Crippen LogP contribution in [-0.4, -0.2) is 12.0 Å². The summed E-state index contributed by atoms with van der Waals surface area (Å²) in [6.45, 7) is 4.98. The number of alkyl halides is 3. The Bertz CT molecular complexity index is 455. The maximum absolute atomic E-state index is 12.3. The number of nitrogens with zero attached hydrogens (tertiary/aromatic N) is 1. The van der Waals surface area contributed by atoms with Crippen molar-refractivity contribution in [3.63, 3.8) is 0 Å². The second-order valence-corrected chi connectivity index (χ2v) is 4.68. The minimum absolute atomic E-state index is 0.0232. The van der Waals surface area contributed by atoms with Crippen LogP contribution in [0.1, 0.15) is 37.2 Å². The van der Waals surface area contributed by atoms with Gasteiger partial charge in [-0.25, -0.2) is 0 Å². The Balaban J connectivity index is 3.39. The monoisotopic (exact) mass is 251 g/mol. The van der Waals surface area contributed by atoms with Gasteiger partial charge in [-0.15, -0.1) is 0 Å². The summed E-state index contributed by atoms with van der Waals surface area (Å²) in [4.78, 5) is 11.0. The van der Waals surface area contributed by atoms with Crippen LogP contribution in [-0.2, 0) is 12.5 Å². The molecule has 0 aromatic carbocycles. The first-order chi connectivity index (χ1) is 7.46. The first-order valence-corrected chi connectivity index (χ1v) is 4.78. The summed E-state index contributed by atoms with van der Waals surface area (Å²) in [7, 11) is 1.20.